The first-order valence-corrected chi connectivity index (χ1v) is 10.5. The van der Waals surface area contributed by atoms with Gasteiger partial charge in [0.05, 0.1) is 18.3 Å². The third-order valence-corrected chi connectivity index (χ3v) is 5.04. The van der Waals surface area contributed by atoms with E-state index in [-0.39, 0.29) is 46.9 Å². The quantitative estimate of drug-likeness (QED) is 0.354. The number of rotatable bonds is 9. The van der Waals surface area contributed by atoms with Crippen molar-refractivity contribution in [1.82, 2.24) is 4.98 Å². The molecule has 0 unspecified atom stereocenters. The molecule has 0 saturated heterocycles. The fraction of sp³-hybridized carbons (Fsp3) is 0.304. The van der Waals surface area contributed by atoms with Crippen molar-refractivity contribution < 1.29 is 36.2 Å². The minimum atomic E-state index is -3.04. The van der Waals surface area contributed by atoms with Gasteiger partial charge in [0.1, 0.15) is 11.6 Å². The van der Waals surface area contributed by atoms with E-state index in [1.54, 1.807) is 6.92 Å². The number of oxazole rings is 1. The van der Waals surface area contributed by atoms with Crippen LogP contribution < -0.4 is 20.5 Å². The molecule has 1 amide bonds. The number of hydrogen-bond acceptors (Lipinski definition) is 6. The highest BCUT2D eigenvalue weighted by atomic mass is 35.5. The van der Waals surface area contributed by atoms with Crippen LogP contribution in [-0.2, 0) is 0 Å². The lowest BCUT2D eigenvalue weighted by molar-refractivity contribution is -0.0515. The molecule has 4 rings (SSSR count). The van der Waals surface area contributed by atoms with Crippen LogP contribution in [0.2, 0.25) is 0 Å². The topological polar surface area (TPSA) is 99.6 Å². The van der Waals surface area contributed by atoms with Crippen LogP contribution in [0.3, 0.4) is 0 Å². The highest BCUT2D eigenvalue weighted by Crippen LogP contribution is 2.37. The first-order valence-electron chi connectivity index (χ1n) is 10.5. The molecule has 1 heterocycles. The number of carbonyl (C=O) groups is 1. The van der Waals surface area contributed by atoms with Crippen LogP contribution in [0.1, 0.15) is 42.1 Å². The zero-order valence-corrected chi connectivity index (χ0v) is 19.2. The minimum Gasteiger partial charge on any atom is -0.489 e. The number of amides is 1. The average molecular weight is 516 g/mol. The van der Waals surface area contributed by atoms with Crippen LogP contribution >= 0.6 is 12.4 Å². The molecule has 1 aliphatic carbocycles. The summed E-state index contributed by atoms with van der Waals surface area (Å²) in [6.07, 6.45) is 1.99. The molecule has 35 heavy (non-hydrogen) atoms. The smallest absolute Gasteiger partial charge is 0.387 e. The molecule has 1 aliphatic rings. The van der Waals surface area contributed by atoms with E-state index in [2.05, 4.69) is 15.0 Å². The van der Waals surface area contributed by atoms with E-state index in [1.165, 1.54) is 18.2 Å². The summed E-state index contributed by atoms with van der Waals surface area (Å²) in [5, 5.41) is 2.31. The molecule has 1 fully saturated rings. The molecule has 1 atom stereocenters. The number of nitrogens with zero attached hydrogens (tertiary/aromatic N) is 1. The summed E-state index contributed by atoms with van der Waals surface area (Å²) in [6, 6.07) is 6.05. The Hall–Kier alpha value is -3.31. The molecule has 0 spiro atoms. The number of benzene rings is 2. The Morgan fingerprint density at radius 1 is 1.20 bits per heavy atom. The predicted octanol–water partition coefficient (Wildman–Crippen LogP) is 5.70. The number of ether oxygens (including phenoxy) is 2. The normalized spacial score (nSPS) is 13.8. The second-order valence-electron chi connectivity index (χ2n) is 7.89. The standard InChI is InChI=1S/C23H21F4N3O4.ClH/c1-11(28)20-19(21(31)29-16-6-5-14(24)9-15(16)25)30-22(34-20)13-4-7-17(33-23(26)27)18(8-13)32-10-12-2-3-12;/h4-9,11-12,23H,2-3,10,28H2,1H3,(H,29,31);1H/t11-;/m0./s1. The molecule has 3 N–H and O–H groups in total. The lowest BCUT2D eigenvalue weighted by Crippen LogP contribution is -2.18. The zero-order chi connectivity index (χ0) is 24.4. The second kappa shape index (κ2) is 11.0. The van der Waals surface area contributed by atoms with E-state index in [9.17, 15) is 22.4 Å². The molecule has 188 valence electrons. The van der Waals surface area contributed by atoms with Gasteiger partial charge in [0.15, 0.2) is 23.0 Å². The van der Waals surface area contributed by atoms with Crippen LogP contribution in [-0.4, -0.2) is 24.1 Å². The number of aromatic nitrogens is 1. The summed E-state index contributed by atoms with van der Waals surface area (Å²) in [4.78, 5) is 17.0. The van der Waals surface area contributed by atoms with E-state index in [0.29, 0.717) is 24.2 Å². The first kappa shape index (κ1) is 26.3. The minimum absolute atomic E-state index is 0. The summed E-state index contributed by atoms with van der Waals surface area (Å²) in [5.41, 5.74) is 5.78. The molecule has 12 heteroatoms. The highest BCUT2D eigenvalue weighted by molar-refractivity contribution is 6.04. The largest absolute Gasteiger partial charge is 0.489 e. The molecular weight excluding hydrogens is 494 g/mol. The Morgan fingerprint density at radius 2 is 1.94 bits per heavy atom. The van der Waals surface area contributed by atoms with Gasteiger partial charge < -0.3 is 24.9 Å². The number of hydrogen-bond donors (Lipinski definition) is 2. The maximum atomic E-state index is 14.0. The third kappa shape index (κ3) is 6.43. The number of nitrogens with one attached hydrogen (secondary N) is 1. The van der Waals surface area contributed by atoms with Crippen LogP contribution in [0.15, 0.2) is 40.8 Å². The van der Waals surface area contributed by atoms with Crippen molar-refractivity contribution in [1.29, 1.82) is 0 Å². The Morgan fingerprint density at radius 3 is 2.57 bits per heavy atom. The first-order chi connectivity index (χ1) is 16.2. The van der Waals surface area contributed by atoms with Gasteiger partial charge in [-0.1, -0.05) is 0 Å². The predicted molar refractivity (Wildman–Crippen MR) is 121 cm³/mol. The van der Waals surface area contributed by atoms with E-state index in [1.807, 2.05) is 0 Å². The van der Waals surface area contributed by atoms with Crippen molar-refractivity contribution >= 4 is 24.0 Å². The summed E-state index contributed by atoms with van der Waals surface area (Å²) >= 11 is 0. The molecule has 2 aromatic carbocycles. The number of alkyl halides is 2. The lowest BCUT2D eigenvalue weighted by atomic mass is 10.2. The van der Waals surface area contributed by atoms with Gasteiger partial charge in [0.2, 0.25) is 5.89 Å². The zero-order valence-electron chi connectivity index (χ0n) is 18.4. The van der Waals surface area contributed by atoms with Gasteiger partial charge in [-0.05, 0) is 56.0 Å². The highest BCUT2D eigenvalue weighted by Gasteiger charge is 2.26. The van der Waals surface area contributed by atoms with Gasteiger partial charge in [-0.2, -0.15) is 8.78 Å². The van der Waals surface area contributed by atoms with E-state index >= 15 is 0 Å². The number of halogens is 5. The SMILES string of the molecule is C[C@H](N)c1oc(-c2ccc(OC(F)F)c(OCC3CC3)c2)nc1C(=O)Nc1ccc(F)cc1F.Cl. The Labute approximate surface area is 204 Å². The van der Waals surface area contributed by atoms with Crippen LogP contribution in [0, 0.1) is 17.6 Å². The average Bonchev–Trinajstić information content (AvgIpc) is 3.49. The van der Waals surface area contributed by atoms with Crippen molar-refractivity contribution in [2.45, 2.75) is 32.4 Å². The number of carbonyl (C=O) groups excluding carboxylic acids is 1. The van der Waals surface area contributed by atoms with Crippen molar-refractivity contribution in [2.24, 2.45) is 11.7 Å². The third-order valence-electron chi connectivity index (χ3n) is 5.04. The van der Waals surface area contributed by atoms with E-state index in [0.717, 1.165) is 25.0 Å². The molecule has 0 bridgehead atoms. The molecule has 0 radical (unpaired) electrons. The summed E-state index contributed by atoms with van der Waals surface area (Å²) in [6.45, 7) is -1.14. The van der Waals surface area contributed by atoms with E-state index < -0.39 is 30.2 Å². The van der Waals surface area contributed by atoms with Crippen LogP contribution in [0.25, 0.3) is 11.5 Å². The van der Waals surface area contributed by atoms with Gasteiger partial charge in [-0.15, -0.1) is 12.4 Å². The summed E-state index contributed by atoms with van der Waals surface area (Å²) in [5.74, 6) is -2.32. The molecule has 1 saturated carbocycles. The van der Waals surface area contributed by atoms with Crippen molar-refractivity contribution in [3.63, 3.8) is 0 Å². The number of nitrogens with two attached hydrogens (primary N) is 1. The van der Waals surface area contributed by atoms with Crippen molar-refractivity contribution in [3.05, 3.63) is 59.5 Å². The van der Waals surface area contributed by atoms with Crippen LogP contribution in [0.5, 0.6) is 11.5 Å². The molecule has 0 aliphatic heterocycles. The molecule has 7 nitrogen and oxygen atoms in total. The summed E-state index contributed by atoms with van der Waals surface area (Å²) in [7, 11) is 0. The Bertz CT molecular complexity index is 1200. The maximum absolute atomic E-state index is 14.0. The van der Waals surface area contributed by atoms with Crippen molar-refractivity contribution in [2.75, 3.05) is 11.9 Å². The van der Waals surface area contributed by atoms with E-state index in [4.69, 9.17) is 14.9 Å². The molecule has 1 aromatic heterocycles. The maximum Gasteiger partial charge on any atom is 0.387 e. The van der Waals surface area contributed by atoms with Gasteiger partial charge in [-0.25, -0.2) is 13.8 Å². The molecular formula is C23H22ClF4N3O4. The van der Waals surface area contributed by atoms with Gasteiger partial charge in [0.25, 0.3) is 5.91 Å². The van der Waals surface area contributed by atoms with Gasteiger partial charge in [0, 0.05) is 11.6 Å². The van der Waals surface area contributed by atoms with Crippen LogP contribution in [0.4, 0.5) is 23.2 Å². The number of anilines is 1. The Balaban J connectivity index is 0.00000342. The second-order valence-corrected chi connectivity index (χ2v) is 7.89. The lowest BCUT2D eigenvalue weighted by Gasteiger charge is -2.12. The van der Waals surface area contributed by atoms with Gasteiger partial charge >= 0.3 is 6.61 Å². The van der Waals surface area contributed by atoms with Crippen molar-refractivity contribution in [3.8, 4) is 23.0 Å². The fourth-order valence-corrected chi connectivity index (χ4v) is 3.14. The fourth-order valence-electron chi connectivity index (χ4n) is 3.14. The summed E-state index contributed by atoms with van der Waals surface area (Å²) < 4.78 is 68.5. The molecule has 3 aromatic rings. The van der Waals surface area contributed by atoms with Gasteiger partial charge in [-0.3, -0.25) is 4.79 Å². The monoisotopic (exact) mass is 515 g/mol. The Kier molecular flexibility index (Phi) is 8.23.